The van der Waals surface area contributed by atoms with E-state index in [1.807, 2.05) is 0 Å². The summed E-state index contributed by atoms with van der Waals surface area (Å²) in [5.41, 5.74) is 0. The third-order valence-electron chi connectivity index (χ3n) is 2.73. The van der Waals surface area contributed by atoms with Gasteiger partial charge in [0.2, 0.25) is 0 Å². The molecular weight excluding hydrogens is 186 g/mol. The van der Waals surface area contributed by atoms with E-state index in [4.69, 9.17) is 4.74 Å². The first-order valence-electron chi connectivity index (χ1n) is 6.57. The van der Waals surface area contributed by atoms with Crippen LogP contribution in [0.25, 0.3) is 0 Å². The van der Waals surface area contributed by atoms with Crippen LogP contribution >= 0.6 is 0 Å². The SMILES string of the molecule is CCCC(CCC)NCCCCCOC. The molecule has 0 aromatic heterocycles. The van der Waals surface area contributed by atoms with Crippen molar-refractivity contribution in [1.29, 1.82) is 0 Å². The molecule has 0 saturated heterocycles. The van der Waals surface area contributed by atoms with Crippen LogP contribution in [0.15, 0.2) is 0 Å². The van der Waals surface area contributed by atoms with Crippen LogP contribution in [0, 0.1) is 0 Å². The van der Waals surface area contributed by atoms with Gasteiger partial charge in [0.25, 0.3) is 0 Å². The lowest BCUT2D eigenvalue weighted by molar-refractivity contribution is 0.192. The van der Waals surface area contributed by atoms with E-state index in [1.165, 1.54) is 51.5 Å². The molecule has 0 aliphatic heterocycles. The summed E-state index contributed by atoms with van der Waals surface area (Å²) in [5.74, 6) is 0. The van der Waals surface area contributed by atoms with Crippen molar-refractivity contribution in [2.45, 2.75) is 64.8 Å². The van der Waals surface area contributed by atoms with Crippen LogP contribution in [0.2, 0.25) is 0 Å². The molecule has 0 heterocycles. The van der Waals surface area contributed by atoms with E-state index < -0.39 is 0 Å². The minimum absolute atomic E-state index is 0.752. The lowest BCUT2D eigenvalue weighted by Gasteiger charge is -2.17. The summed E-state index contributed by atoms with van der Waals surface area (Å²) in [6, 6.07) is 0.752. The standard InChI is InChI=1S/C13H29NO/c1-4-9-13(10-5-2)14-11-7-6-8-12-15-3/h13-14H,4-12H2,1-3H3. The highest BCUT2D eigenvalue weighted by atomic mass is 16.5. The molecule has 0 saturated carbocycles. The first kappa shape index (κ1) is 14.9. The number of hydrogen-bond donors (Lipinski definition) is 1. The number of rotatable bonds is 11. The number of ether oxygens (including phenoxy) is 1. The molecule has 2 nitrogen and oxygen atoms in total. The minimum Gasteiger partial charge on any atom is -0.385 e. The Bertz CT molecular complexity index is 111. The Balaban J connectivity index is 3.28. The van der Waals surface area contributed by atoms with Gasteiger partial charge in [-0.15, -0.1) is 0 Å². The fourth-order valence-corrected chi connectivity index (χ4v) is 1.90. The van der Waals surface area contributed by atoms with E-state index in [9.17, 15) is 0 Å². The molecule has 0 atom stereocenters. The smallest absolute Gasteiger partial charge is 0.0462 e. The average Bonchev–Trinajstić information content (AvgIpc) is 2.24. The first-order chi connectivity index (χ1) is 7.35. The lowest BCUT2D eigenvalue weighted by atomic mass is 10.1. The number of hydrogen-bond acceptors (Lipinski definition) is 2. The predicted molar refractivity (Wildman–Crippen MR) is 67.3 cm³/mol. The Morgan fingerprint density at radius 2 is 1.67 bits per heavy atom. The molecule has 92 valence electrons. The van der Waals surface area contributed by atoms with Gasteiger partial charge in [0.1, 0.15) is 0 Å². The van der Waals surface area contributed by atoms with Gasteiger partial charge in [-0.1, -0.05) is 26.7 Å². The van der Waals surface area contributed by atoms with Crippen LogP contribution in [0.1, 0.15) is 58.8 Å². The van der Waals surface area contributed by atoms with Crippen molar-refractivity contribution in [1.82, 2.24) is 5.32 Å². The van der Waals surface area contributed by atoms with E-state index in [0.717, 1.165) is 12.6 Å². The molecule has 0 aromatic carbocycles. The topological polar surface area (TPSA) is 21.3 Å². The molecule has 0 aromatic rings. The number of methoxy groups -OCH3 is 1. The van der Waals surface area contributed by atoms with E-state index >= 15 is 0 Å². The normalized spacial score (nSPS) is 11.2. The number of nitrogens with one attached hydrogen (secondary N) is 1. The van der Waals surface area contributed by atoms with E-state index in [-0.39, 0.29) is 0 Å². The molecule has 0 radical (unpaired) electrons. The molecule has 0 spiro atoms. The zero-order valence-corrected chi connectivity index (χ0v) is 10.8. The van der Waals surface area contributed by atoms with Crippen LogP contribution in [-0.2, 0) is 4.74 Å². The second kappa shape index (κ2) is 12.0. The van der Waals surface area contributed by atoms with Crippen molar-refractivity contribution in [3.8, 4) is 0 Å². The lowest BCUT2D eigenvalue weighted by Crippen LogP contribution is -2.29. The third kappa shape index (κ3) is 10.2. The van der Waals surface area contributed by atoms with Crippen LogP contribution in [0.5, 0.6) is 0 Å². The van der Waals surface area contributed by atoms with E-state index in [1.54, 1.807) is 7.11 Å². The Morgan fingerprint density at radius 3 is 2.20 bits per heavy atom. The predicted octanol–water partition coefficient (Wildman–Crippen LogP) is 3.36. The second-order valence-corrected chi connectivity index (χ2v) is 4.28. The zero-order valence-electron chi connectivity index (χ0n) is 10.8. The fraction of sp³-hybridized carbons (Fsp3) is 1.00. The monoisotopic (exact) mass is 215 g/mol. The van der Waals surface area contributed by atoms with Gasteiger partial charge in [-0.2, -0.15) is 0 Å². The zero-order chi connectivity index (χ0) is 11.4. The fourth-order valence-electron chi connectivity index (χ4n) is 1.90. The second-order valence-electron chi connectivity index (χ2n) is 4.28. The first-order valence-corrected chi connectivity index (χ1v) is 6.57. The molecule has 1 N–H and O–H groups in total. The van der Waals surface area contributed by atoms with Gasteiger partial charge in [0.05, 0.1) is 0 Å². The third-order valence-corrected chi connectivity index (χ3v) is 2.73. The van der Waals surface area contributed by atoms with Crippen molar-refractivity contribution in [3.63, 3.8) is 0 Å². The number of unbranched alkanes of at least 4 members (excludes halogenated alkanes) is 2. The van der Waals surface area contributed by atoms with Gasteiger partial charge in [-0.25, -0.2) is 0 Å². The summed E-state index contributed by atoms with van der Waals surface area (Å²) in [4.78, 5) is 0. The molecule has 0 unspecified atom stereocenters. The maximum Gasteiger partial charge on any atom is 0.0462 e. The van der Waals surface area contributed by atoms with Crippen LogP contribution in [0.4, 0.5) is 0 Å². The molecule has 0 fully saturated rings. The van der Waals surface area contributed by atoms with Crippen LogP contribution < -0.4 is 5.32 Å². The van der Waals surface area contributed by atoms with Crippen LogP contribution in [0.3, 0.4) is 0 Å². The minimum atomic E-state index is 0.752. The van der Waals surface area contributed by atoms with Gasteiger partial charge in [-0.05, 0) is 38.6 Å². The Morgan fingerprint density at radius 1 is 1.00 bits per heavy atom. The summed E-state index contributed by atoms with van der Waals surface area (Å²) < 4.78 is 5.03. The highest BCUT2D eigenvalue weighted by molar-refractivity contribution is 4.65. The highest BCUT2D eigenvalue weighted by Gasteiger charge is 2.04. The van der Waals surface area contributed by atoms with Gasteiger partial charge < -0.3 is 10.1 Å². The Kier molecular flexibility index (Phi) is 11.9. The molecule has 15 heavy (non-hydrogen) atoms. The Labute approximate surface area is 95.8 Å². The molecule has 0 amide bonds. The van der Waals surface area contributed by atoms with Crippen molar-refractivity contribution in [2.24, 2.45) is 0 Å². The average molecular weight is 215 g/mol. The van der Waals surface area contributed by atoms with Crippen molar-refractivity contribution < 1.29 is 4.74 Å². The summed E-state index contributed by atoms with van der Waals surface area (Å²) in [5, 5.41) is 3.66. The summed E-state index contributed by atoms with van der Waals surface area (Å²) >= 11 is 0. The van der Waals surface area contributed by atoms with E-state index in [0.29, 0.717) is 0 Å². The maximum atomic E-state index is 5.03. The van der Waals surface area contributed by atoms with Gasteiger partial charge in [0.15, 0.2) is 0 Å². The van der Waals surface area contributed by atoms with Gasteiger partial charge >= 0.3 is 0 Å². The quantitative estimate of drug-likeness (QED) is 0.534. The molecule has 0 aliphatic carbocycles. The van der Waals surface area contributed by atoms with Crippen molar-refractivity contribution in [2.75, 3.05) is 20.3 Å². The van der Waals surface area contributed by atoms with Crippen LogP contribution in [-0.4, -0.2) is 26.3 Å². The largest absolute Gasteiger partial charge is 0.385 e. The maximum absolute atomic E-state index is 5.03. The molecule has 0 aliphatic rings. The molecule has 0 rings (SSSR count). The molecule has 2 heteroatoms. The summed E-state index contributed by atoms with van der Waals surface area (Å²) in [6.45, 7) is 6.62. The van der Waals surface area contributed by atoms with Crippen molar-refractivity contribution in [3.05, 3.63) is 0 Å². The highest BCUT2D eigenvalue weighted by Crippen LogP contribution is 2.04. The summed E-state index contributed by atoms with van der Waals surface area (Å²) in [6.07, 6.45) is 9.00. The van der Waals surface area contributed by atoms with Crippen molar-refractivity contribution >= 4 is 0 Å². The van der Waals surface area contributed by atoms with Gasteiger partial charge in [-0.3, -0.25) is 0 Å². The van der Waals surface area contributed by atoms with E-state index in [2.05, 4.69) is 19.2 Å². The summed E-state index contributed by atoms with van der Waals surface area (Å²) in [7, 11) is 1.77. The molecule has 0 bridgehead atoms. The Hall–Kier alpha value is -0.0800. The molecular formula is C13H29NO. The van der Waals surface area contributed by atoms with Gasteiger partial charge in [0, 0.05) is 19.8 Å².